The van der Waals surface area contributed by atoms with Crippen LogP contribution in [0.5, 0.6) is 5.75 Å². The van der Waals surface area contributed by atoms with E-state index in [4.69, 9.17) is 14.2 Å². The topological polar surface area (TPSA) is 51.2 Å². The van der Waals surface area contributed by atoms with Gasteiger partial charge in [0.25, 0.3) is 0 Å². The molecular formula is C17H29NO4. The Morgan fingerprint density at radius 1 is 1.14 bits per heavy atom. The highest BCUT2D eigenvalue weighted by Gasteiger charge is 2.13. The second-order valence-corrected chi connectivity index (χ2v) is 5.61. The Morgan fingerprint density at radius 2 is 1.82 bits per heavy atom. The Kier molecular flexibility index (Phi) is 9.08. The molecule has 0 spiro atoms. The molecule has 5 heteroatoms. The molecule has 22 heavy (non-hydrogen) atoms. The molecule has 0 amide bonds. The lowest BCUT2D eigenvalue weighted by molar-refractivity contribution is -0.0121. The number of hydrogen-bond donors (Lipinski definition) is 1. The number of hydrogen-bond acceptors (Lipinski definition) is 5. The van der Waals surface area contributed by atoms with Crippen LogP contribution in [0.1, 0.15) is 19.4 Å². The Bertz CT molecular complexity index is 394. The number of nitrogens with zero attached hydrogens (tertiary/aromatic N) is 1. The van der Waals surface area contributed by atoms with Crippen LogP contribution < -0.4 is 4.74 Å². The van der Waals surface area contributed by atoms with Crippen molar-refractivity contribution in [3.05, 3.63) is 29.8 Å². The highest BCUT2D eigenvalue weighted by molar-refractivity contribution is 5.27. The van der Waals surface area contributed by atoms with Crippen molar-refractivity contribution >= 4 is 0 Å². The molecule has 0 saturated carbocycles. The molecule has 5 nitrogen and oxygen atoms in total. The van der Waals surface area contributed by atoms with E-state index < -0.39 is 6.10 Å². The van der Waals surface area contributed by atoms with E-state index in [1.54, 1.807) is 14.2 Å². The molecule has 0 unspecified atom stereocenters. The van der Waals surface area contributed by atoms with E-state index in [9.17, 15) is 5.11 Å². The molecule has 0 radical (unpaired) electrons. The van der Waals surface area contributed by atoms with Gasteiger partial charge in [0, 0.05) is 26.7 Å². The number of ether oxygens (including phenoxy) is 3. The normalized spacial score (nSPS) is 12.9. The molecular weight excluding hydrogens is 282 g/mol. The molecule has 0 bridgehead atoms. The lowest BCUT2D eigenvalue weighted by atomic mass is 10.2. The Labute approximate surface area is 133 Å². The average molecular weight is 311 g/mol. The van der Waals surface area contributed by atoms with Gasteiger partial charge in [0.1, 0.15) is 5.75 Å². The van der Waals surface area contributed by atoms with Gasteiger partial charge in [-0.05, 0) is 31.5 Å². The lowest BCUT2D eigenvalue weighted by Crippen LogP contribution is -2.37. The van der Waals surface area contributed by atoms with E-state index in [-0.39, 0.29) is 6.10 Å². The van der Waals surface area contributed by atoms with E-state index in [0.29, 0.717) is 19.8 Å². The predicted octanol–water partition coefficient (Wildman–Crippen LogP) is 1.93. The van der Waals surface area contributed by atoms with E-state index >= 15 is 0 Å². The number of rotatable bonds is 11. The van der Waals surface area contributed by atoms with Crippen molar-refractivity contribution in [3.8, 4) is 5.75 Å². The van der Waals surface area contributed by atoms with Crippen molar-refractivity contribution in [2.45, 2.75) is 32.6 Å². The van der Waals surface area contributed by atoms with Gasteiger partial charge in [0.2, 0.25) is 0 Å². The first-order valence-electron chi connectivity index (χ1n) is 7.69. The minimum absolute atomic E-state index is 0.128. The van der Waals surface area contributed by atoms with Crippen molar-refractivity contribution in [2.24, 2.45) is 0 Å². The van der Waals surface area contributed by atoms with Crippen LogP contribution in [0.25, 0.3) is 0 Å². The van der Waals surface area contributed by atoms with Crippen LogP contribution in [-0.2, 0) is 16.0 Å². The Hall–Kier alpha value is -1.14. The largest absolute Gasteiger partial charge is 0.497 e. The van der Waals surface area contributed by atoms with Crippen molar-refractivity contribution < 1.29 is 19.3 Å². The third kappa shape index (κ3) is 7.75. The summed E-state index contributed by atoms with van der Waals surface area (Å²) in [5, 5.41) is 10.1. The number of aliphatic hydroxyl groups excluding tert-OH is 1. The van der Waals surface area contributed by atoms with Crippen molar-refractivity contribution in [1.29, 1.82) is 0 Å². The van der Waals surface area contributed by atoms with Crippen LogP contribution in [0.2, 0.25) is 0 Å². The maximum atomic E-state index is 10.1. The zero-order chi connectivity index (χ0) is 16.4. The molecule has 1 aromatic carbocycles. The van der Waals surface area contributed by atoms with E-state index in [1.165, 1.54) is 5.56 Å². The number of benzene rings is 1. The zero-order valence-corrected chi connectivity index (χ0v) is 14.1. The average Bonchev–Trinajstić information content (AvgIpc) is 2.51. The Morgan fingerprint density at radius 3 is 2.36 bits per heavy atom. The molecule has 1 atom stereocenters. The summed E-state index contributed by atoms with van der Waals surface area (Å²) in [6.07, 6.45) is -0.374. The van der Waals surface area contributed by atoms with Gasteiger partial charge in [-0.25, -0.2) is 0 Å². The van der Waals surface area contributed by atoms with Crippen molar-refractivity contribution in [1.82, 2.24) is 4.90 Å². The van der Waals surface area contributed by atoms with Crippen LogP contribution in [0.15, 0.2) is 24.3 Å². The summed E-state index contributed by atoms with van der Waals surface area (Å²) in [5.74, 6) is 0.845. The summed E-state index contributed by atoms with van der Waals surface area (Å²) in [7, 11) is 3.34. The first-order chi connectivity index (χ1) is 10.5. The molecule has 0 heterocycles. The second-order valence-electron chi connectivity index (χ2n) is 5.61. The fourth-order valence-electron chi connectivity index (χ4n) is 2.10. The van der Waals surface area contributed by atoms with Crippen LogP contribution in [0.4, 0.5) is 0 Å². The van der Waals surface area contributed by atoms with Crippen LogP contribution in [-0.4, -0.2) is 62.7 Å². The first kappa shape index (κ1) is 18.9. The minimum Gasteiger partial charge on any atom is -0.497 e. The minimum atomic E-state index is -0.502. The van der Waals surface area contributed by atoms with Gasteiger partial charge in [0.05, 0.1) is 32.5 Å². The summed E-state index contributed by atoms with van der Waals surface area (Å²) in [5.41, 5.74) is 1.17. The zero-order valence-electron chi connectivity index (χ0n) is 14.1. The molecule has 0 aliphatic heterocycles. The van der Waals surface area contributed by atoms with Crippen molar-refractivity contribution in [2.75, 3.05) is 40.5 Å². The molecule has 1 N–H and O–H groups in total. The maximum Gasteiger partial charge on any atom is 0.118 e. The fourth-order valence-corrected chi connectivity index (χ4v) is 2.10. The molecule has 0 fully saturated rings. The summed E-state index contributed by atoms with van der Waals surface area (Å²) in [6.45, 7) is 6.99. The van der Waals surface area contributed by atoms with E-state index in [0.717, 1.165) is 18.8 Å². The van der Waals surface area contributed by atoms with Gasteiger partial charge in [-0.3, -0.25) is 4.90 Å². The molecule has 0 aliphatic carbocycles. The third-order valence-electron chi connectivity index (χ3n) is 3.27. The quantitative estimate of drug-likeness (QED) is 0.677. The lowest BCUT2D eigenvalue weighted by Gasteiger charge is -2.25. The van der Waals surface area contributed by atoms with Gasteiger partial charge in [-0.1, -0.05) is 12.1 Å². The SMILES string of the molecule is COCCN(Cc1ccc(OC)cc1)C[C@H](O)COC(C)C. The number of aliphatic hydroxyl groups is 1. The monoisotopic (exact) mass is 311 g/mol. The summed E-state index contributed by atoms with van der Waals surface area (Å²) >= 11 is 0. The second kappa shape index (κ2) is 10.6. The standard InChI is InChI=1S/C17H29NO4/c1-14(2)22-13-16(19)12-18(9-10-20-3)11-15-5-7-17(21-4)8-6-15/h5-8,14,16,19H,9-13H2,1-4H3/t16-/m0/s1. The Balaban J connectivity index is 2.54. The van der Waals surface area contributed by atoms with Crippen molar-refractivity contribution in [3.63, 3.8) is 0 Å². The van der Waals surface area contributed by atoms with E-state index in [1.807, 2.05) is 38.1 Å². The summed E-state index contributed by atoms with van der Waals surface area (Å²) in [6, 6.07) is 7.97. The first-order valence-corrected chi connectivity index (χ1v) is 7.69. The predicted molar refractivity (Wildman–Crippen MR) is 87.2 cm³/mol. The maximum absolute atomic E-state index is 10.1. The molecule has 126 valence electrons. The highest BCUT2D eigenvalue weighted by Crippen LogP contribution is 2.13. The van der Waals surface area contributed by atoms with Gasteiger partial charge < -0.3 is 19.3 Å². The molecule has 0 saturated heterocycles. The summed E-state index contributed by atoms with van der Waals surface area (Å²) < 4.78 is 15.8. The molecule has 0 aliphatic rings. The van der Waals surface area contributed by atoms with Gasteiger partial charge in [0.15, 0.2) is 0 Å². The molecule has 1 aromatic rings. The third-order valence-corrected chi connectivity index (χ3v) is 3.27. The molecule has 1 rings (SSSR count). The van der Waals surface area contributed by atoms with Gasteiger partial charge in [-0.15, -0.1) is 0 Å². The highest BCUT2D eigenvalue weighted by atomic mass is 16.5. The molecule has 0 aromatic heterocycles. The van der Waals surface area contributed by atoms with Crippen LogP contribution in [0, 0.1) is 0 Å². The smallest absolute Gasteiger partial charge is 0.118 e. The summed E-state index contributed by atoms with van der Waals surface area (Å²) in [4.78, 5) is 2.17. The van der Waals surface area contributed by atoms with E-state index in [2.05, 4.69) is 4.90 Å². The van der Waals surface area contributed by atoms with Gasteiger partial charge in [-0.2, -0.15) is 0 Å². The number of methoxy groups -OCH3 is 2. The van der Waals surface area contributed by atoms with Gasteiger partial charge >= 0.3 is 0 Å². The van der Waals surface area contributed by atoms with Crippen LogP contribution in [0.3, 0.4) is 0 Å². The van der Waals surface area contributed by atoms with Crippen LogP contribution >= 0.6 is 0 Å². The fraction of sp³-hybridized carbons (Fsp3) is 0.647.